The van der Waals surface area contributed by atoms with Gasteiger partial charge in [-0.3, -0.25) is 14.4 Å². The van der Waals surface area contributed by atoms with Crippen molar-refractivity contribution >= 4 is 23.9 Å². The maximum Gasteiger partial charge on any atom is 0.335 e. The molecule has 0 radical (unpaired) electrons. The van der Waals surface area contributed by atoms with Crippen LogP contribution in [0.5, 0.6) is 0 Å². The lowest BCUT2D eigenvalue weighted by Crippen LogP contribution is -2.61. The normalized spacial score (nSPS) is 18.8. The van der Waals surface area contributed by atoms with Gasteiger partial charge in [0.1, 0.15) is 18.8 Å². The Hall–Kier alpha value is -4.10. The molecular weight excluding hydrogens is 949 g/mol. The molecule has 12 heteroatoms. The summed E-state index contributed by atoms with van der Waals surface area (Å²) in [5.74, 6) is -3.18. The smallest absolute Gasteiger partial charge is 0.335 e. The Balaban J connectivity index is 2.72. The van der Waals surface area contributed by atoms with Crippen molar-refractivity contribution in [3.05, 3.63) is 85.1 Å². The molecule has 0 aromatic rings. The van der Waals surface area contributed by atoms with Gasteiger partial charge in [0, 0.05) is 19.3 Å². The summed E-state index contributed by atoms with van der Waals surface area (Å²) in [7, 11) is 0. The second-order valence-corrected chi connectivity index (χ2v) is 19.9. The molecule has 6 atom stereocenters. The Morgan fingerprint density at radius 3 is 1.29 bits per heavy atom. The Bertz CT molecular complexity index is 1630. The number of hydrogen-bond donors (Lipinski definition) is 3. The summed E-state index contributed by atoms with van der Waals surface area (Å²) in [6, 6.07) is 0. The zero-order valence-corrected chi connectivity index (χ0v) is 47.0. The van der Waals surface area contributed by atoms with Crippen molar-refractivity contribution in [2.75, 3.05) is 13.2 Å². The molecule has 6 unspecified atom stereocenters. The van der Waals surface area contributed by atoms with Crippen LogP contribution in [0.4, 0.5) is 0 Å². The summed E-state index contributed by atoms with van der Waals surface area (Å²) in [6.45, 7) is 5.73. The minimum Gasteiger partial charge on any atom is -0.479 e. The third kappa shape index (κ3) is 40.8. The van der Waals surface area contributed by atoms with E-state index in [1.54, 1.807) is 0 Å². The topological polar surface area (TPSA) is 175 Å². The van der Waals surface area contributed by atoms with Crippen molar-refractivity contribution in [1.29, 1.82) is 0 Å². The molecule has 1 saturated heterocycles. The van der Waals surface area contributed by atoms with Gasteiger partial charge in [-0.15, -0.1) is 0 Å². The van der Waals surface area contributed by atoms with Crippen molar-refractivity contribution in [3.8, 4) is 0 Å². The number of carboxylic acids is 1. The molecular formula is C63H104O12. The Morgan fingerprint density at radius 1 is 0.453 bits per heavy atom. The summed E-state index contributed by atoms with van der Waals surface area (Å²) in [5.41, 5.74) is 0. The van der Waals surface area contributed by atoms with Crippen LogP contribution in [0.15, 0.2) is 85.1 Å². The number of unbranched alkanes of at least 4 members (excludes halogenated alkanes) is 21. The number of ether oxygens (including phenoxy) is 5. The van der Waals surface area contributed by atoms with Crippen LogP contribution in [0.2, 0.25) is 0 Å². The fraction of sp³-hybridized carbons (Fsp3) is 0.714. The molecule has 0 aliphatic carbocycles. The van der Waals surface area contributed by atoms with Gasteiger partial charge in [-0.05, 0) is 109 Å². The van der Waals surface area contributed by atoms with Crippen LogP contribution in [-0.4, -0.2) is 89.2 Å². The highest BCUT2D eigenvalue weighted by Gasteiger charge is 2.50. The number of carbonyl (C=O) groups is 4. The van der Waals surface area contributed by atoms with Crippen LogP contribution < -0.4 is 0 Å². The highest BCUT2D eigenvalue weighted by Crippen LogP contribution is 2.26. The van der Waals surface area contributed by atoms with Gasteiger partial charge in [-0.25, -0.2) is 4.79 Å². The van der Waals surface area contributed by atoms with E-state index in [1.807, 2.05) is 0 Å². The summed E-state index contributed by atoms with van der Waals surface area (Å²) >= 11 is 0. The van der Waals surface area contributed by atoms with Crippen molar-refractivity contribution in [1.82, 2.24) is 0 Å². The van der Waals surface area contributed by atoms with E-state index in [-0.39, 0.29) is 25.9 Å². The average molecular weight is 1050 g/mol. The maximum absolute atomic E-state index is 13.1. The van der Waals surface area contributed by atoms with Crippen LogP contribution in [0, 0.1) is 0 Å². The molecule has 0 saturated carbocycles. The molecule has 1 heterocycles. The van der Waals surface area contributed by atoms with Gasteiger partial charge < -0.3 is 39.0 Å². The number of aliphatic carboxylic acids is 1. The number of esters is 3. The summed E-state index contributed by atoms with van der Waals surface area (Å²) < 4.78 is 28.4. The zero-order chi connectivity index (χ0) is 54.7. The van der Waals surface area contributed by atoms with Crippen molar-refractivity contribution < 1.29 is 58.2 Å². The molecule has 75 heavy (non-hydrogen) atoms. The van der Waals surface area contributed by atoms with Gasteiger partial charge in [-0.1, -0.05) is 196 Å². The Kier molecular flexibility index (Phi) is 46.6. The molecule has 0 amide bonds. The van der Waals surface area contributed by atoms with Crippen molar-refractivity contribution in [2.24, 2.45) is 0 Å². The maximum atomic E-state index is 13.1. The zero-order valence-electron chi connectivity index (χ0n) is 47.0. The van der Waals surface area contributed by atoms with Gasteiger partial charge in [0.05, 0.1) is 6.61 Å². The van der Waals surface area contributed by atoms with Crippen molar-refractivity contribution in [3.63, 3.8) is 0 Å². The monoisotopic (exact) mass is 1050 g/mol. The Morgan fingerprint density at radius 2 is 0.840 bits per heavy atom. The molecule has 12 nitrogen and oxygen atoms in total. The van der Waals surface area contributed by atoms with Gasteiger partial charge >= 0.3 is 23.9 Å². The van der Waals surface area contributed by atoms with E-state index >= 15 is 0 Å². The fourth-order valence-electron chi connectivity index (χ4n) is 8.45. The first-order valence-electron chi connectivity index (χ1n) is 29.6. The minimum atomic E-state index is -1.92. The first-order valence-corrected chi connectivity index (χ1v) is 29.6. The average Bonchev–Trinajstić information content (AvgIpc) is 3.39. The standard InChI is InChI=1S/C63H104O12/c1-4-7-10-13-16-19-22-25-28-31-34-37-40-43-46-49-55(64)71-52-54(73-56(65)50-47-44-41-38-35-32-29-26-23-20-17-14-11-8-5-2)53-72-63-61(59(68)58(67)60(75-63)62(69)70)74-57(66)51-48-45-42-39-36-33-30-27-24-21-18-15-12-9-6-3/h7,9-10,12,16,18-19,21,25-30,54,58-61,63,67-68H,4-6,8,11,13-15,17,20,22-24,31-53H2,1-3H3,(H,69,70)/b10-7-,12-9-,19-16-,21-18-,28-25-,29-26-,30-27-. The number of hydrogen-bond acceptors (Lipinski definition) is 11. The van der Waals surface area contributed by atoms with E-state index in [1.165, 1.54) is 38.5 Å². The molecule has 0 aromatic heterocycles. The summed E-state index contributed by atoms with van der Waals surface area (Å²) in [5, 5.41) is 31.5. The van der Waals surface area contributed by atoms with Crippen molar-refractivity contribution in [2.45, 2.75) is 276 Å². The third-order valence-electron chi connectivity index (χ3n) is 12.9. The number of carbonyl (C=O) groups excluding carboxylic acids is 3. The molecule has 1 aliphatic heterocycles. The summed E-state index contributed by atoms with van der Waals surface area (Å²) in [6.07, 6.45) is 52.6. The quantitative estimate of drug-likeness (QED) is 0.0228. The molecule has 0 bridgehead atoms. The number of rotatable bonds is 49. The highest BCUT2D eigenvalue weighted by molar-refractivity contribution is 5.74. The van der Waals surface area contributed by atoms with Crippen LogP contribution in [0.3, 0.4) is 0 Å². The first-order chi connectivity index (χ1) is 36.6. The predicted octanol–water partition coefficient (Wildman–Crippen LogP) is 15.1. The van der Waals surface area contributed by atoms with Gasteiger partial charge in [0.2, 0.25) is 0 Å². The lowest BCUT2D eigenvalue weighted by atomic mass is 9.98. The number of aliphatic hydroxyl groups is 2. The lowest BCUT2D eigenvalue weighted by Gasteiger charge is -2.40. The van der Waals surface area contributed by atoms with E-state index in [0.717, 1.165) is 141 Å². The molecule has 1 rings (SSSR count). The fourth-order valence-corrected chi connectivity index (χ4v) is 8.45. The predicted molar refractivity (Wildman–Crippen MR) is 303 cm³/mol. The second kappa shape index (κ2) is 50.7. The Labute approximate surface area is 454 Å². The second-order valence-electron chi connectivity index (χ2n) is 19.9. The van der Waals surface area contributed by atoms with Gasteiger partial charge in [-0.2, -0.15) is 0 Å². The molecule has 0 aromatic carbocycles. The van der Waals surface area contributed by atoms with E-state index < -0.39 is 67.3 Å². The number of allylic oxidation sites excluding steroid dienone is 14. The van der Waals surface area contributed by atoms with E-state index in [0.29, 0.717) is 19.3 Å². The SMILES string of the molecule is CC/C=C\C/C=C\C/C=C\CCCCCCCC(=O)OCC(COC1OC(C(=O)O)C(O)C(O)C1OC(=O)CCCCCCC/C=C\C/C=C\C/C=C\CC)OC(=O)CCCCCCC/C=C\CCCCCCCC. The largest absolute Gasteiger partial charge is 0.479 e. The van der Waals surface area contributed by atoms with E-state index in [9.17, 15) is 34.5 Å². The number of carboxylic acid groups (broad SMARTS) is 1. The highest BCUT2D eigenvalue weighted by atomic mass is 16.7. The van der Waals surface area contributed by atoms with Crippen LogP contribution >= 0.6 is 0 Å². The molecule has 1 fully saturated rings. The van der Waals surface area contributed by atoms with Crippen LogP contribution in [-0.2, 0) is 42.9 Å². The first kappa shape index (κ1) is 68.9. The van der Waals surface area contributed by atoms with E-state index in [2.05, 4.69) is 106 Å². The third-order valence-corrected chi connectivity index (χ3v) is 12.9. The molecule has 3 N–H and O–H groups in total. The summed E-state index contributed by atoms with van der Waals surface area (Å²) in [4.78, 5) is 51.1. The van der Waals surface area contributed by atoms with Gasteiger partial charge in [0.25, 0.3) is 0 Å². The lowest BCUT2D eigenvalue weighted by molar-refractivity contribution is -0.301. The molecule has 0 spiro atoms. The molecule has 428 valence electrons. The number of aliphatic hydroxyl groups excluding tert-OH is 2. The van der Waals surface area contributed by atoms with Crippen LogP contribution in [0.25, 0.3) is 0 Å². The van der Waals surface area contributed by atoms with Gasteiger partial charge in [0.15, 0.2) is 24.6 Å². The molecule has 1 aliphatic rings. The van der Waals surface area contributed by atoms with E-state index in [4.69, 9.17) is 23.7 Å². The minimum absolute atomic E-state index is 0.0355. The van der Waals surface area contributed by atoms with Crippen LogP contribution in [0.1, 0.15) is 239 Å².